The summed E-state index contributed by atoms with van der Waals surface area (Å²) in [5.74, 6) is 0.857. The molecule has 4 N–H and O–H groups in total. The van der Waals surface area contributed by atoms with Crippen molar-refractivity contribution in [2.24, 2.45) is 16.6 Å². The Hall–Kier alpha value is -1.79. The van der Waals surface area contributed by atoms with Gasteiger partial charge in [0.2, 0.25) is 5.91 Å². The Morgan fingerprint density at radius 3 is 2.67 bits per heavy atom. The smallest absolute Gasteiger partial charge is 0.324 e. The van der Waals surface area contributed by atoms with Gasteiger partial charge >= 0.3 is 6.03 Å². The number of nitrogens with two attached hydrogens (primary N) is 1. The molecule has 1 atom stereocenters. The third-order valence-corrected chi connectivity index (χ3v) is 3.36. The summed E-state index contributed by atoms with van der Waals surface area (Å²) in [5, 5.41) is 5.59. The second kappa shape index (κ2) is 8.49. The van der Waals surface area contributed by atoms with Crippen molar-refractivity contribution >= 4 is 17.9 Å². The van der Waals surface area contributed by atoms with Crippen molar-refractivity contribution in [3.63, 3.8) is 0 Å². The van der Waals surface area contributed by atoms with Crippen molar-refractivity contribution in [1.82, 2.24) is 15.5 Å². The summed E-state index contributed by atoms with van der Waals surface area (Å²) >= 11 is 0. The number of aliphatic imine (C=N–C) groups is 1. The first-order valence-electron chi connectivity index (χ1n) is 7.54. The lowest BCUT2D eigenvalue weighted by atomic mass is 10.0. The van der Waals surface area contributed by atoms with Crippen LogP contribution in [0.2, 0.25) is 0 Å². The third kappa shape index (κ3) is 6.46. The number of amides is 3. The van der Waals surface area contributed by atoms with E-state index in [0.29, 0.717) is 18.4 Å². The minimum Gasteiger partial charge on any atom is -0.370 e. The van der Waals surface area contributed by atoms with Gasteiger partial charge in [-0.3, -0.25) is 14.7 Å². The number of imide groups is 1. The Bertz CT molecular complexity index is 379. The van der Waals surface area contributed by atoms with Crippen molar-refractivity contribution in [3.05, 3.63) is 0 Å². The fraction of sp³-hybridized carbons (Fsp3) is 0.786. The van der Waals surface area contributed by atoms with Crippen LogP contribution < -0.4 is 16.4 Å². The molecule has 120 valence electrons. The maximum absolute atomic E-state index is 11.4. The standard InChI is InChI=1S/C14H27N5O2/c1-10(2)5-4-6-11(3)18-13(15)16-7-8-19-12(20)9-17-14(19)21/h10-11H,4-9H2,1-3H3,(H,17,21)(H3,15,16,18). The summed E-state index contributed by atoms with van der Waals surface area (Å²) in [6.07, 6.45) is 3.40. The highest BCUT2D eigenvalue weighted by Crippen LogP contribution is 2.08. The van der Waals surface area contributed by atoms with E-state index < -0.39 is 0 Å². The van der Waals surface area contributed by atoms with E-state index in [2.05, 4.69) is 36.4 Å². The minimum absolute atomic E-state index is 0.0726. The summed E-state index contributed by atoms with van der Waals surface area (Å²) in [6.45, 7) is 7.14. The quantitative estimate of drug-likeness (QED) is 0.348. The zero-order chi connectivity index (χ0) is 15.8. The highest BCUT2D eigenvalue weighted by molar-refractivity contribution is 6.01. The zero-order valence-electron chi connectivity index (χ0n) is 13.2. The number of carbonyl (C=O) groups excluding carboxylic acids is 2. The lowest BCUT2D eigenvalue weighted by molar-refractivity contribution is -0.124. The minimum atomic E-state index is -0.358. The van der Waals surface area contributed by atoms with Crippen LogP contribution in [0.15, 0.2) is 4.99 Å². The summed E-state index contributed by atoms with van der Waals surface area (Å²) in [6, 6.07) is -0.0898. The van der Waals surface area contributed by atoms with Gasteiger partial charge in [0.15, 0.2) is 5.96 Å². The molecule has 0 spiro atoms. The number of rotatable bonds is 8. The lowest BCUT2D eigenvalue weighted by Gasteiger charge is -2.15. The third-order valence-electron chi connectivity index (χ3n) is 3.36. The van der Waals surface area contributed by atoms with Gasteiger partial charge in [0, 0.05) is 6.04 Å². The molecule has 1 rings (SSSR count). The van der Waals surface area contributed by atoms with Crippen LogP contribution in [0, 0.1) is 5.92 Å². The highest BCUT2D eigenvalue weighted by Gasteiger charge is 2.27. The van der Waals surface area contributed by atoms with Gasteiger partial charge in [0.25, 0.3) is 0 Å². The second-order valence-corrected chi connectivity index (χ2v) is 5.84. The van der Waals surface area contributed by atoms with Gasteiger partial charge in [0.1, 0.15) is 0 Å². The van der Waals surface area contributed by atoms with E-state index in [1.807, 2.05) is 0 Å². The molecule has 3 amide bonds. The number of nitrogens with zero attached hydrogens (tertiary/aromatic N) is 2. The molecule has 0 aliphatic carbocycles. The van der Waals surface area contributed by atoms with E-state index in [9.17, 15) is 9.59 Å². The van der Waals surface area contributed by atoms with Crippen LogP contribution in [0.25, 0.3) is 0 Å². The van der Waals surface area contributed by atoms with Gasteiger partial charge in [-0.25, -0.2) is 4.79 Å². The fourth-order valence-electron chi connectivity index (χ4n) is 2.15. The van der Waals surface area contributed by atoms with Crippen LogP contribution in [0.4, 0.5) is 4.79 Å². The number of hydrogen-bond donors (Lipinski definition) is 3. The summed E-state index contributed by atoms with van der Waals surface area (Å²) in [7, 11) is 0. The van der Waals surface area contributed by atoms with Crippen LogP contribution in [-0.2, 0) is 4.79 Å². The summed E-state index contributed by atoms with van der Waals surface area (Å²) in [4.78, 5) is 28.0. The van der Waals surface area contributed by atoms with Crippen LogP contribution >= 0.6 is 0 Å². The molecule has 0 aromatic carbocycles. The monoisotopic (exact) mass is 297 g/mol. The maximum atomic E-state index is 11.4. The lowest BCUT2D eigenvalue weighted by Crippen LogP contribution is -2.39. The Morgan fingerprint density at radius 1 is 1.38 bits per heavy atom. The van der Waals surface area contributed by atoms with Gasteiger partial charge in [-0.1, -0.05) is 26.7 Å². The number of guanidine groups is 1. The van der Waals surface area contributed by atoms with Gasteiger partial charge in [-0.05, 0) is 19.3 Å². The number of urea groups is 1. The Labute approximate surface area is 126 Å². The Morgan fingerprint density at radius 2 is 2.10 bits per heavy atom. The molecule has 1 aliphatic rings. The molecule has 0 saturated carbocycles. The van der Waals surface area contributed by atoms with Crippen LogP contribution in [0.5, 0.6) is 0 Å². The van der Waals surface area contributed by atoms with Crippen LogP contribution in [-0.4, -0.2) is 48.5 Å². The van der Waals surface area contributed by atoms with Crippen molar-refractivity contribution in [1.29, 1.82) is 0 Å². The Balaban J connectivity index is 2.23. The predicted octanol–water partition coefficient (Wildman–Crippen LogP) is 0.657. The molecule has 0 radical (unpaired) electrons. The number of carbonyl (C=O) groups is 2. The average molecular weight is 297 g/mol. The van der Waals surface area contributed by atoms with Crippen LogP contribution in [0.1, 0.15) is 40.0 Å². The van der Waals surface area contributed by atoms with Crippen molar-refractivity contribution in [2.45, 2.75) is 46.1 Å². The molecule has 1 heterocycles. The fourth-order valence-corrected chi connectivity index (χ4v) is 2.15. The van der Waals surface area contributed by atoms with Gasteiger partial charge < -0.3 is 16.4 Å². The number of nitrogens with one attached hydrogen (secondary N) is 2. The second-order valence-electron chi connectivity index (χ2n) is 5.84. The van der Waals surface area contributed by atoms with Crippen molar-refractivity contribution in [3.8, 4) is 0 Å². The van der Waals surface area contributed by atoms with E-state index in [1.54, 1.807) is 0 Å². The van der Waals surface area contributed by atoms with Crippen LogP contribution in [0.3, 0.4) is 0 Å². The van der Waals surface area contributed by atoms with E-state index >= 15 is 0 Å². The molecule has 0 bridgehead atoms. The molecule has 7 heteroatoms. The van der Waals surface area contributed by atoms with Gasteiger partial charge in [-0.2, -0.15) is 0 Å². The molecular formula is C14H27N5O2. The Kier molecular flexibility index (Phi) is 6.98. The SMILES string of the molecule is CC(C)CCCC(C)NC(N)=NCCN1C(=O)CNC1=O. The first-order chi connectivity index (χ1) is 9.90. The summed E-state index contributed by atoms with van der Waals surface area (Å²) < 4.78 is 0. The first-order valence-corrected chi connectivity index (χ1v) is 7.54. The molecule has 1 unspecified atom stereocenters. The molecule has 0 aromatic heterocycles. The van der Waals surface area contributed by atoms with Crippen molar-refractivity contribution < 1.29 is 9.59 Å². The number of hydrogen-bond acceptors (Lipinski definition) is 3. The molecule has 21 heavy (non-hydrogen) atoms. The average Bonchev–Trinajstić information content (AvgIpc) is 2.69. The molecule has 1 fully saturated rings. The predicted molar refractivity (Wildman–Crippen MR) is 82.9 cm³/mol. The van der Waals surface area contributed by atoms with E-state index in [-0.39, 0.29) is 31.1 Å². The molecule has 0 aromatic rings. The zero-order valence-corrected chi connectivity index (χ0v) is 13.2. The molecular weight excluding hydrogens is 270 g/mol. The molecule has 1 aliphatic heterocycles. The normalized spacial score (nSPS) is 17.3. The topological polar surface area (TPSA) is 99.8 Å². The highest BCUT2D eigenvalue weighted by atomic mass is 16.2. The van der Waals surface area contributed by atoms with Crippen molar-refractivity contribution in [2.75, 3.05) is 19.6 Å². The van der Waals surface area contributed by atoms with E-state index in [4.69, 9.17) is 5.73 Å². The largest absolute Gasteiger partial charge is 0.370 e. The molecule has 7 nitrogen and oxygen atoms in total. The van der Waals surface area contributed by atoms with E-state index in [0.717, 1.165) is 17.7 Å². The first kappa shape index (κ1) is 17.3. The summed E-state index contributed by atoms with van der Waals surface area (Å²) in [5.41, 5.74) is 5.80. The van der Waals surface area contributed by atoms with E-state index in [1.165, 1.54) is 6.42 Å². The van der Waals surface area contributed by atoms with Gasteiger partial charge in [0.05, 0.1) is 19.6 Å². The molecule has 1 saturated heterocycles. The van der Waals surface area contributed by atoms with Gasteiger partial charge in [-0.15, -0.1) is 0 Å². The maximum Gasteiger partial charge on any atom is 0.324 e.